The van der Waals surface area contributed by atoms with Crippen LogP contribution in [0.25, 0.3) is 0 Å². The number of rotatable bonds is 5. The van der Waals surface area contributed by atoms with E-state index in [2.05, 4.69) is 29.6 Å². The number of hydrogen-bond acceptors (Lipinski definition) is 3. The number of piperidine rings is 1. The van der Waals surface area contributed by atoms with E-state index in [0.717, 1.165) is 36.6 Å². The van der Waals surface area contributed by atoms with Crippen LogP contribution in [0.15, 0.2) is 0 Å². The number of hydrogen-bond donors (Lipinski definition) is 2. The molecule has 0 aliphatic carbocycles. The van der Waals surface area contributed by atoms with Crippen molar-refractivity contribution in [1.82, 2.24) is 15.1 Å². The van der Waals surface area contributed by atoms with Gasteiger partial charge in [0, 0.05) is 12.5 Å². The Balaban J connectivity index is 1.90. The van der Waals surface area contributed by atoms with Crippen molar-refractivity contribution in [3.63, 3.8) is 0 Å². The van der Waals surface area contributed by atoms with Gasteiger partial charge in [-0.05, 0) is 66.0 Å². The Hall–Kier alpha value is -1.36. The summed E-state index contributed by atoms with van der Waals surface area (Å²) < 4.78 is 1.97. The quantitative estimate of drug-likeness (QED) is 0.877. The van der Waals surface area contributed by atoms with Crippen LogP contribution in [0.2, 0.25) is 0 Å². The molecule has 1 aromatic heterocycles. The van der Waals surface area contributed by atoms with Gasteiger partial charge >= 0.3 is 0 Å². The normalized spacial score (nSPS) is 19.0. The molecule has 1 fully saturated rings. The van der Waals surface area contributed by atoms with Crippen LogP contribution in [0.3, 0.4) is 0 Å². The second kappa shape index (κ2) is 7.07. The highest BCUT2D eigenvalue weighted by atomic mass is 16.1. The van der Waals surface area contributed by atoms with Crippen molar-refractivity contribution in [1.29, 1.82) is 0 Å². The molecule has 1 aromatic rings. The summed E-state index contributed by atoms with van der Waals surface area (Å²) in [6.45, 7) is 10.3. The molecule has 5 heteroatoms. The lowest BCUT2D eigenvalue weighted by atomic mass is 9.94. The Bertz CT molecular complexity index is 487. The van der Waals surface area contributed by atoms with E-state index in [9.17, 15) is 4.79 Å². The maximum Gasteiger partial charge on any atom is 0.224 e. The summed E-state index contributed by atoms with van der Waals surface area (Å²) in [6.07, 6.45) is 4.03. The molecule has 2 N–H and O–H groups in total. The fourth-order valence-electron chi connectivity index (χ4n) is 3.05. The molecular formula is C16H28N4O. The van der Waals surface area contributed by atoms with Crippen molar-refractivity contribution >= 4 is 11.6 Å². The van der Waals surface area contributed by atoms with Gasteiger partial charge in [0.15, 0.2) is 0 Å². The molecule has 0 spiro atoms. The summed E-state index contributed by atoms with van der Waals surface area (Å²) in [4.78, 5) is 12.2. The Morgan fingerprint density at radius 2 is 2.24 bits per heavy atom. The van der Waals surface area contributed by atoms with Crippen LogP contribution in [0.4, 0.5) is 5.69 Å². The molecule has 21 heavy (non-hydrogen) atoms. The minimum Gasteiger partial charge on any atom is -0.323 e. The number of carbonyl (C=O) groups is 1. The predicted octanol–water partition coefficient (Wildman–Crippen LogP) is 2.80. The van der Waals surface area contributed by atoms with E-state index in [0.29, 0.717) is 18.4 Å². The molecule has 0 bridgehead atoms. The smallest absolute Gasteiger partial charge is 0.224 e. The van der Waals surface area contributed by atoms with E-state index in [4.69, 9.17) is 0 Å². The lowest BCUT2D eigenvalue weighted by Gasteiger charge is -2.22. The van der Waals surface area contributed by atoms with Crippen LogP contribution in [0.1, 0.15) is 57.0 Å². The van der Waals surface area contributed by atoms with Crippen molar-refractivity contribution in [2.24, 2.45) is 5.92 Å². The van der Waals surface area contributed by atoms with Crippen molar-refractivity contribution in [2.45, 2.75) is 59.4 Å². The summed E-state index contributed by atoms with van der Waals surface area (Å²) in [7, 11) is 0. The second-order valence-electron chi connectivity index (χ2n) is 6.38. The van der Waals surface area contributed by atoms with Crippen molar-refractivity contribution < 1.29 is 4.79 Å². The summed E-state index contributed by atoms with van der Waals surface area (Å²) in [5.74, 6) is 0.750. The zero-order chi connectivity index (χ0) is 15.4. The molecule has 0 aromatic carbocycles. The van der Waals surface area contributed by atoms with Crippen LogP contribution in [0.5, 0.6) is 0 Å². The van der Waals surface area contributed by atoms with Gasteiger partial charge in [-0.2, -0.15) is 5.10 Å². The number of anilines is 1. The Labute approximate surface area is 127 Å². The van der Waals surface area contributed by atoms with Gasteiger partial charge in [-0.1, -0.05) is 0 Å². The molecule has 1 unspecified atom stereocenters. The van der Waals surface area contributed by atoms with Crippen LogP contribution in [0, 0.1) is 19.8 Å². The standard InChI is InChI=1S/C16H28N4O/c1-11(2)20-13(4)16(12(3)19-20)18-15(21)8-7-14-6-5-9-17-10-14/h11,14,17H,5-10H2,1-4H3,(H,18,21). The summed E-state index contributed by atoms with van der Waals surface area (Å²) >= 11 is 0. The molecule has 1 aliphatic rings. The van der Waals surface area contributed by atoms with Gasteiger partial charge in [0.1, 0.15) is 0 Å². The molecule has 0 radical (unpaired) electrons. The number of nitrogens with zero attached hydrogens (tertiary/aromatic N) is 2. The highest BCUT2D eigenvalue weighted by Gasteiger charge is 2.18. The zero-order valence-electron chi connectivity index (χ0n) is 13.7. The minimum atomic E-state index is 0.107. The molecule has 118 valence electrons. The summed E-state index contributed by atoms with van der Waals surface area (Å²) in [5, 5.41) is 11.0. The third-order valence-corrected chi connectivity index (χ3v) is 4.26. The van der Waals surface area contributed by atoms with E-state index in [-0.39, 0.29) is 5.91 Å². The van der Waals surface area contributed by atoms with Crippen LogP contribution in [-0.2, 0) is 4.79 Å². The van der Waals surface area contributed by atoms with Crippen LogP contribution < -0.4 is 10.6 Å². The first-order valence-electron chi connectivity index (χ1n) is 8.05. The van der Waals surface area contributed by atoms with Crippen molar-refractivity contribution in [3.05, 3.63) is 11.4 Å². The Kier molecular flexibility index (Phi) is 5.39. The van der Waals surface area contributed by atoms with E-state index in [1.54, 1.807) is 0 Å². The van der Waals surface area contributed by atoms with E-state index in [1.807, 2.05) is 18.5 Å². The van der Waals surface area contributed by atoms with Gasteiger partial charge < -0.3 is 10.6 Å². The lowest BCUT2D eigenvalue weighted by Crippen LogP contribution is -2.30. The largest absolute Gasteiger partial charge is 0.323 e. The highest BCUT2D eigenvalue weighted by Crippen LogP contribution is 2.23. The third-order valence-electron chi connectivity index (χ3n) is 4.26. The summed E-state index contributed by atoms with van der Waals surface area (Å²) in [5.41, 5.74) is 2.82. The van der Waals surface area contributed by atoms with Gasteiger partial charge in [0.2, 0.25) is 5.91 Å². The lowest BCUT2D eigenvalue weighted by molar-refractivity contribution is -0.116. The molecule has 2 rings (SSSR count). The van der Waals surface area contributed by atoms with Gasteiger partial charge in [-0.3, -0.25) is 9.48 Å². The number of nitrogens with one attached hydrogen (secondary N) is 2. The van der Waals surface area contributed by atoms with Crippen molar-refractivity contribution in [2.75, 3.05) is 18.4 Å². The second-order valence-corrected chi connectivity index (χ2v) is 6.38. The minimum absolute atomic E-state index is 0.107. The average molecular weight is 292 g/mol. The molecule has 1 amide bonds. The van der Waals surface area contributed by atoms with Gasteiger partial charge in [0.25, 0.3) is 0 Å². The SMILES string of the molecule is Cc1nn(C(C)C)c(C)c1NC(=O)CCC1CCCNC1. The number of aromatic nitrogens is 2. The van der Waals surface area contributed by atoms with Crippen LogP contribution >= 0.6 is 0 Å². The topological polar surface area (TPSA) is 59.0 Å². The Morgan fingerprint density at radius 1 is 1.48 bits per heavy atom. The average Bonchev–Trinajstić information content (AvgIpc) is 2.74. The van der Waals surface area contributed by atoms with Gasteiger partial charge in [0.05, 0.1) is 17.1 Å². The fourth-order valence-corrected chi connectivity index (χ4v) is 3.05. The molecule has 2 heterocycles. The molecule has 1 atom stereocenters. The predicted molar refractivity (Wildman–Crippen MR) is 85.5 cm³/mol. The highest BCUT2D eigenvalue weighted by molar-refractivity contribution is 5.91. The van der Waals surface area contributed by atoms with Crippen LogP contribution in [-0.4, -0.2) is 28.8 Å². The monoisotopic (exact) mass is 292 g/mol. The number of aryl methyl sites for hydroxylation is 1. The van der Waals surface area contributed by atoms with E-state index >= 15 is 0 Å². The molecule has 5 nitrogen and oxygen atoms in total. The third kappa shape index (κ3) is 4.06. The zero-order valence-corrected chi connectivity index (χ0v) is 13.7. The van der Waals surface area contributed by atoms with Gasteiger partial charge in [-0.25, -0.2) is 0 Å². The van der Waals surface area contributed by atoms with Crippen molar-refractivity contribution in [3.8, 4) is 0 Å². The summed E-state index contributed by atoms with van der Waals surface area (Å²) in [6, 6.07) is 0.308. The first-order chi connectivity index (χ1) is 9.99. The molecule has 1 saturated heterocycles. The molecule has 0 saturated carbocycles. The Morgan fingerprint density at radius 3 is 2.81 bits per heavy atom. The van der Waals surface area contributed by atoms with E-state index < -0.39 is 0 Å². The maximum absolute atomic E-state index is 12.2. The maximum atomic E-state index is 12.2. The number of carbonyl (C=O) groups excluding carboxylic acids is 1. The first kappa shape index (κ1) is 16.0. The first-order valence-corrected chi connectivity index (χ1v) is 8.05. The molecular weight excluding hydrogens is 264 g/mol. The fraction of sp³-hybridized carbons (Fsp3) is 0.750. The van der Waals surface area contributed by atoms with E-state index in [1.165, 1.54) is 12.8 Å². The number of amides is 1. The van der Waals surface area contributed by atoms with Gasteiger partial charge in [-0.15, -0.1) is 0 Å². The molecule has 1 aliphatic heterocycles.